The third-order valence-corrected chi connectivity index (χ3v) is 4.47. The second kappa shape index (κ2) is 9.25. The Bertz CT molecular complexity index is 1120. The van der Waals surface area contributed by atoms with Crippen molar-refractivity contribution < 1.29 is 24.0 Å². The number of nitrogens with zero attached hydrogens (tertiary/aromatic N) is 1. The minimum Gasteiger partial charge on any atom is -0.495 e. The molecule has 154 valence electrons. The number of nitrogens with one attached hydrogen (secondary N) is 1. The quantitative estimate of drug-likeness (QED) is 0.321. The number of rotatable bonds is 7. The lowest BCUT2D eigenvalue weighted by Crippen LogP contribution is -2.09. The summed E-state index contributed by atoms with van der Waals surface area (Å²) in [7, 11) is 1.48. The monoisotopic (exact) mass is 428 g/mol. The van der Waals surface area contributed by atoms with Crippen molar-refractivity contribution in [2.45, 2.75) is 6.61 Å². The van der Waals surface area contributed by atoms with Crippen molar-refractivity contribution in [3.8, 4) is 17.1 Å². The van der Waals surface area contributed by atoms with Crippen LogP contribution in [0.15, 0.2) is 59.0 Å². The fourth-order valence-corrected chi connectivity index (χ4v) is 2.88. The molecule has 2 aromatic carbocycles. The lowest BCUT2D eigenvalue weighted by molar-refractivity contribution is -0.384. The molecule has 9 heteroatoms. The summed E-state index contributed by atoms with van der Waals surface area (Å²) in [5.41, 5.74) is 1.31. The topological polar surface area (TPSA) is 115 Å². The zero-order chi connectivity index (χ0) is 21.7. The summed E-state index contributed by atoms with van der Waals surface area (Å²) in [6.45, 7) is -0.215. The van der Waals surface area contributed by atoms with Gasteiger partial charge in [0.05, 0.1) is 17.7 Å². The fraction of sp³-hybridized carbons (Fsp3) is 0.0952. The fourth-order valence-electron chi connectivity index (χ4n) is 2.70. The van der Waals surface area contributed by atoms with Crippen molar-refractivity contribution in [3.05, 3.63) is 81.1 Å². The zero-order valence-corrected chi connectivity index (χ0v) is 16.6. The molecule has 3 rings (SSSR count). The number of benzene rings is 2. The summed E-state index contributed by atoms with van der Waals surface area (Å²) >= 11 is 5.79. The van der Waals surface area contributed by atoms with Gasteiger partial charge in [0, 0.05) is 17.7 Å². The van der Waals surface area contributed by atoms with Crippen LogP contribution < -0.4 is 10.1 Å². The smallest absolute Gasteiger partial charge is 0.288 e. The van der Waals surface area contributed by atoms with Gasteiger partial charge in [0.25, 0.3) is 5.69 Å². The molecule has 0 aliphatic rings. The molecule has 0 unspecified atom stereocenters. The molecule has 0 radical (unpaired) electrons. The number of aliphatic hydroxyl groups is 1. The van der Waals surface area contributed by atoms with E-state index in [2.05, 4.69) is 5.32 Å². The summed E-state index contributed by atoms with van der Waals surface area (Å²) < 4.78 is 10.8. The van der Waals surface area contributed by atoms with Gasteiger partial charge in [-0.25, -0.2) is 0 Å². The van der Waals surface area contributed by atoms with Crippen LogP contribution in [0.1, 0.15) is 11.3 Å². The van der Waals surface area contributed by atoms with E-state index in [1.165, 1.54) is 31.4 Å². The first kappa shape index (κ1) is 21.1. The van der Waals surface area contributed by atoms with Gasteiger partial charge in [0.2, 0.25) is 5.91 Å². The van der Waals surface area contributed by atoms with Crippen molar-refractivity contribution in [3.63, 3.8) is 0 Å². The van der Waals surface area contributed by atoms with Crippen LogP contribution in [-0.2, 0) is 11.4 Å². The van der Waals surface area contributed by atoms with E-state index < -0.39 is 10.8 Å². The number of amides is 1. The summed E-state index contributed by atoms with van der Waals surface area (Å²) in [5.74, 6) is 0.933. The Balaban J connectivity index is 1.80. The van der Waals surface area contributed by atoms with Gasteiger partial charge >= 0.3 is 0 Å². The Morgan fingerprint density at radius 3 is 2.73 bits per heavy atom. The van der Waals surface area contributed by atoms with Crippen molar-refractivity contribution in [2.75, 3.05) is 12.4 Å². The number of nitro benzene ring substituents is 1. The number of halogens is 1. The summed E-state index contributed by atoms with van der Waals surface area (Å²) in [6, 6.07) is 12.7. The molecule has 0 atom stereocenters. The van der Waals surface area contributed by atoms with Crippen molar-refractivity contribution in [2.24, 2.45) is 0 Å². The molecule has 0 aliphatic carbocycles. The van der Waals surface area contributed by atoms with E-state index in [0.717, 1.165) is 0 Å². The number of hydrogen-bond acceptors (Lipinski definition) is 6. The maximum atomic E-state index is 12.4. The average Bonchev–Trinajstić information content (AvgIpc) is 3.22. The second-order valence-corrected chi connectivity index (χ2v) is 6.54. The van der Waals surface area contributed by atoms with Crippen LogP contribution in [0.3, 0.4) is 0 Å². The Hall–Kier alpha value is -3.62. The number of methoxy groups -OCH3 is 1. The molecular weight excluding hydrogens is 412 g/mol. The summed E-state index contributed by atoms with van der Waals surface area (Å²) in [6.07, 6.45) is 2.69. The Labute approximate surface area is 176 Å². The SMILES string of the molecule is COc1ccc(-c2ccc(CO)o2)cc1NC(=O)/C=C/c1ccc(Cl)c([N+](=O)[O-])c1. The molecule has 1 aromatic heterocycles. The average molecular weight is 429 g/mol. The van der Waals surface area contributed by atoms with Crippen LogP contribution in [0.4, 0.5) is 11.4 Å². The third-order valence-electron chi connectivity index (χ3n) is 4.15. The molecule has 0 spiro atoms. The molecule has 1 heterocycles. The van der Waals surface area contributed by atoms with E-state index >= 15 is 0 Å². The Morgan fingerprint density at radius 1 is 1.27 bits per heavy atom. The van der Waals surface area contributed by atoms with Gasteiger partial charge in [-0.3, -0.25) is 14.9 Å². The molecule has 0 aliphatic heterocycles. The highest BCUT2D eigenvalue weighted by Gasteiger charge is 2.13. The Kier molecular flexibility index (Phi) is 6.51. The zero-order valence-electron chi connectivity index (χ0n) is 15.8. The number of carbonyl (C=O) groups is 1. The van der Waals surface area contributed by atoms with Crippen LogP contribution in [0.5, 0.6) is 5.75 Å². The molecule has 0 fully saturated rings. The lowest BCUT2D eigenvalue weighted by atomic mass is 10.1. The van der Waals surface area contributed by atoms with E-state index in [9.17, 15) is 14.9 Å². The van der Waals surface area contributed by atoms with Crippen molar-refractivity contribution in [1.29, 1.82) is 0 Å². The van der Waals surface area contributed by atoms with Gasteiger partial charge in [-0.05, 0) is 48.0 Å². The van der Waals surface area contributed by atoms with Crippen molar-refractivity contribution >= 4 is 35.0 Å². The van der Waals surface area contributed by atoms with E-state index in [-0.39, 0.29) is 17.3 Å². The molecule has 8 nitrogen and oxygen atoms in total. The maximum Gasteiger partial charge on any atom is 0.288 e. The first-order chi connectivity index (χ1) is 14.4. The van der Waals surface area contributed by atoms with Gasteiger partial charge in [-0.2, -0.15) is 0 Å². The number of hydrogen-bond donors (Lipinski definition) is 2. The summed E-state index contributed by atoms with van der Waals surface area (Å²) in [5, 5.41) is 22.9. The van der Waals surface area contributed by atoms with E-state index in [1.807, 2.05) is 0 Å². The summed E-state index contributed by atoms with van der Waals surface area (Å²) in [4.78, 5) is 22.8. The van der Waals surface area contributed by atoms with Gasteiger partial charge in [0.1, 0.15) is 28.9 Å². The van der Waals surface area contributed by atoms with E-state index in [0.29, 0.717) is 34.1 Å². The van der Waals surface area contributed by atoms with Gasteiger partial charge < -0.3 is 19.6 Å². The van der Waals surface area contributed by atoms with E-state index in [4.69, 9.17) is 25.9 Å². The molecule has 0 bridgehead atoms. The van der Waals surface area contributed by atoms with Crippen LogP contribution in [0, 0.1) is 10.1 Å². The standard InChI is InChI=1S/C21H17ClN2O6/c1-29-20-7-4-14(19-8-5-15(12-25)30-19)11-17(20)23-21(26)9-3-13-2-6-16(22)18(10-13)24(27)28/h2-11,25H,12H2,1H3,(H,23,26)/b9-3+. The molecule has 3 aromatic rings. The molecule has 0 saturated heterocycles. The maximum absolute atomic E-state index is 12.4. The van der Waals surface area contributed by atoms with Gasteiger partial charge in [-0.1, -0.05) is 17.7 Å². The third kappa shape index (κ3) is 4.86. The van der Waals surface area contributed by atoms with Crippen LogP contribution >= 0.6 is 11.6 Å². The number of aliphatic hydroxyl groups excluding tert-OH is 1. The molecule has 0 saturated carbocycles. The molecular formula is C21H17ClN2O6. The Morgan fingerprint density at radius 2 is 2.07 bits per heavy atom. The van der Waals surface area contributed by atoms with Gasteiger partial charge in [-0.15, -0.1) is 0 Å². The first-order valence-corrected chi connectivity index (χ1v) is 9.10. The molecule has 1 amide bonds. The van der Waals surface area contributed by atoms with Crippen LogP contribution in [-0.4, -0.2) is 23.0 Å². The minimum absolute atomic E-state index is 0.0189. The highest BCUT2D eigenvalue weighted by Crippen LogP contribution is 2.32. The largest absolute Gasteiger partial charge is 0.495 e. The van der Waals surface area contributed by atoms with Crippen molar-refractivity contribution in [1.82, 2.24) is 0 Å². The number of nitro groups is 1. The predicted octanol–water partition coefficient (Wildman–Crippen LogP) is 4.66. The number of carbonyl (C=O) groups excluding carboxylic acids is 1. The minimum atomic E-state index is -0.590. The lowest BCUT2D eigenvalue weighted by Gasteiger charge is -2.10. The highest BCUT2D eigenvalue weighted by molar-refractivity contribution is 6.32. The molecule has 30 heavy (non-hydrogen) atoms. The highest BCUT2D eigenvalue weighted by atomic mass is 35.5. The predicted molar refractivity (Wildman–Crippen MR) is 112 cm³/mol. The van der Waals surface area contributed by atoms with Crippen LogP contribution in [0.2, 0.25) is 5.02 Å². The number of furan rings is 1. The van der Waals surface area contributed by atoms with E-state index in [1.54, 1.807) is 36.4 Å². The second-order valence-electron chi connectivity index (χ2n) is 6.13. The number of ether oxygens (including phenoxy) is 1. The van der Waals surface area contributed by atoms with Crippen LogP contribution in [0.25, 0.3) is 17.4 Å². The normalized spacial score (nSPS) is 10.9. The molecule has 2 N–H and O–H groups in total. The number of anilines is 1. The van der Waals surface area contributed by atoms with Gasteiger partial charge in [0.15, 0.2) is 0 Å². The first-order valence-electron chi connectivity index (χ1n) is 8.72.